The lowest BCUT2D eigenvalue weighted by molar-refractivity contribution is -0.870. The molecule has 1 N–H and O–H groups in total. The summed E-state index contributed by atoms with van der Waals surface area (Å²) in [5.41, 5.74) is 0. The lowest BCUT2D eigenvalue weighted by Gasteiger charge is -2.25. The van der Waals surface area contributed by atoms with E-state index in [1.807, 2.05) is 21.1 Å². The second kappa shape index (κ2) is 66.2. The first-order chi connectivity index (χ1) is 41.6. The highest BCUT2D eigenvalue weighted by Gasteiger charge is 2.25. The van der Waals surface area contributed by atoms with Crippen LogP contribution in [0.25, 0.3) is 0 Å². The Morgan fingerprint density at radius 3 is 1.01 bits per heavy atom. The van der Waals surface area contributed by atoms with E-state index in [9.17, 15) is 19.5 Å². The van der Waals surface area contributed by atoms with E-state index < -0.39 is 24.3 Å². The molecule has 0 aromatic rings. The summed E-state index contributed by atoms with van der Waals surface area (Å²) in [6.07, 6.45) is 88.0. The van der Waals surface area contributed by atoms with Crippen molar-refractivity contribution in [1.82, 2.24) is 0 Å². The van der Waals surface area contributed by atoms with Crippen molar-refractivity contribution in [3.05, 3.63) is 97.2 Å². The van der Waals surface area contributed by atoms with Gasteiger partial charge in [0.15, 0.2) is 6.10 Å². The number of aliphatic carboxylic acids is 1. The van der Waals surface area contributed by atoms with Crippen molar-refractivity contribution in [3.63, 3.8) is 0 Å². The molecule has 0 aliphatic heterocycles. The molecule has 0 radical (unpaired) electrons. The van der Waals surface area contributed by atoms with Crippen LogP contribution in [0.2, 0.25) is 0 Å². The van der Waals surface area contributed by atoms with Crippen LogP contribution in [0.1, 0.15) is 309 Å². The van der Waals surface area contributed by atoms with E-state index in [0.717, 1.165) is 89.9 Å². The Balaban J connectivity index is 4.14. The third-order valence-corrected chi connectivity index (χ3v) is 15.3. The monoisotopic (exact) mass is 1190 g/mol. The van der Waals surface area contributed by atoms with Gasteiger partial charge in [0.2, 0.25) is 0 Å². The zero-order valence-corrected chi connectivity index (χ0v) is 56.0. The number of carboxylic acid groups (broad SMARTS) is 1. The van der Waals surface area contributed by atoms with Gasteiger partial charge in [-0.2, -0.15) is 0 Å². The van der Waals surface area contributed by atoms with Gasteiger partial charge < -0.3 is 28.5 Å². The second-order valence-corrected chi connectivity index (χ2v) is 24.8. The van der Waals surface area contributed by atoms with Gasteiger partial charge in [-0.25, -0.2) is 4.79 Å². The van der Waals surface area contributed by atoms with Gasteiger partial charge in [-0.15, -0.1) is 0 Å². The molecule has 0 saturated heterocycles. The van der Waals surface area contributed by atoms with Gasteiger partial charge in [0.1, 0.15) is 13.2 Å². The first-order valence-electron chi connectivity index (χ1n) is 35.4. The van der Waals surface area contributed by atoms with Crippen LogP contribution in [-0.2, 0) is 33.3 Å². The van der Waals surface area contributed by atoms with Crippen molar-refractivity contribution in [2.75, 3.05) is 47.5 Å². The molecule has 0 aromatic heterocycles. The molecule has 2 atom stereocenters. The first-order valence-corrected chi connectivity index (χ1v) is 35.4. The zero-order chi connectivity index (χ0) is 61.9. The van der Waals surface area contributed by atoms with Crippen LogP contribution in [-0.4, -0.2) is 87.4 Å². The number of carbonyl (C=O) groups is 3. The SMILES string of the molecule is CC/C=C\C/C=C\C/C=C\C/C=C\C/C=C\C/C=C\C/C=C\CCCCCCCCCCCC(=O)OC(COC(=O)CCCCCCCCCCCCCCCCCCC/C=C\CCCCCCCCCC)COC(OCC[N+](C)(C)C)C(=O)O. The number of likely N-dealkylation sites (N-methyl/N-ethyl adjacent to an activating group) is 1. The van der Waals surface area contributed by atoms with Crippen molar-refractivity contribution in [2.45, 2.75) is 322 Å². The first kappa shape index (κ1) is 81.2. The number of nitrogens with zero attached hydrogens (tertiary/aromatic N) is 1. The Labute approximate surface area is 524 Å². The Morgan fingerprint density at radius 2 is 0.671 bits per heavy atom. The molecule has 0 aliphatic carbocycles. The summed E-state index contributed by atoms with van der Waals surface area (Å²) in [5.74, 6) is -2.01. The van der Waals surface area contributed by atoms with Crippen molar-refractivity contribution in [3.8, 4) is 0 Å². The maximum atomic E-state index is 12.9. The molecule has 9 heteroatoms. The fourth-order valence-corrected chi connectivity index (χ4v) is 9.93. The molecule has 0 bridgehead atoms. The van der Waals surface area contributed by atoms with Gasteiger partial charge in [0, 0.05) is 12.8 Å². The maximum absolute atomic E-state index is 12.9. The highest BCUT2D eigenvalue weighted by atomic mass is 16.7. The topological polar surface area (TPSA) is 108 Å². The van der Waals surface area contributed by atoms with Crippen LogP contribution in [0, 0.1) is 0 Å². The number of hydrogen-bond donors (Lipinski definition) is 1. The second-order valence-electron chi connectivity index (χ2n) is 24.8. The Kier molecular flexibility index (Phi) is 63.2. The predicted molar refractivity (Wildman–Crippen MR) is 364 cm³/mol. The number of allylic oxidation sites excluding steroid dienone is 16. The van der Waals surface area contributed by atoms with E-state index in [4.69, 9.17) is 18.9 Å². The number of ether oxygens (including phenoxy) is 4. The average molecular weight is 1190 g/mol. The summed E-state index contributed by atoms with van der Waals surface area (Å²) in [5, 5.41) is 9.75. The van der Waals surface area contributed by atoms with E-state index in [1.54, 1.807) is 0 Å². The van der Waals surface area contributed by atoms with Gasteiger partial charge >= 0.3 is 17.9 Å². The number of unbranched alkanes of at least 4 members (excludes halogenated alkanes) is 34. The van der Waals surface area contributed by atoms with E-state index in [0.29, 0.717) is 23.9 Å². The molecule has 0 fully saturated rings. The third kappa shape index (κ3) is 67.6. The summed E-state index contributed by atoms with van der Waals surface area (Å²) in [6, 6.07) is 0. The van der Waals surface area contributed by atoms with Crippen LogP contribution < -0.4 is 0 Å². The highest BCUT2D eigenvalue weighted by molar-refractivity contribution is 5.71. The van der Waals surface area contributed by atoms with Gasteiger partial charge in [-0.05, 0) is 96.3 Å². The summed E-state index contributed by atoms with van der Waals surface area (Å²) < 4.78 is 23.0. The Bertz CT molecular complexity index is 1720. The molecule has 0 saturated carbocycles. The number of esters is 2. The molecular weight excluding hydrogens is 1050 g/mol. The molecule has 490 valence electrons. The van der Waals surface area contributed by atoms with E-state index in [2.05, 4.69) is 111 Å². The van der Waals surface area contributed by atoms with Crippen molar-refractivity contribution in [1.29, 1.82) is 0 Å². The standard InChI is InChI=1S/C76H133NO8/c1-6-8-10-12-14-16-18-20-22-24-26-28-30-32-34-36-37-39-41-43-45-47-49-51-53-55-57-59-61-63-65-67-74(79)85-72(71-84-76(75(80)81)82-69-68-77(3,4)5)70-83-73(78)66-64-62-60-58-56-54-52-50-48-46-44-42-40-38-35-33-31-29-27-25-23-21-19-17-15-13-11-9-7-2/h8,10,14,16,20,22,25-28,32,34,37,39,43,45,72,76H,6-7,9,11-13,15,17-19,21,23-24,29-31,33,35-36,38,40-42,44,46-71H2,1-5H3/p+1/b10-8-,16-14-,22-20-,27-25-,28-26-,34-32-,39-37-,45-43-. The van der Waals surface area contributed by atoms with Gasteiger partial charge in [0.05, 0.1) is 34.4 Å². The molecule has 0 rings (SSSR count). The van der Waals surface area contributed by atoms with Gasteiger partial charge in [-0.3, -0.25) is 9.59 Å². The molecule has 0 spiro atoms. The number of hydrogen-bond acceptors (Lipinski definition) is 7. The maximum Gasteiger partial charge on any atom is 0.361 e. The molecule has 0 aromatic carbocycles. The van der Waals surface area contributed by atoms with Crippen molar-refractivity contribution < 1.29 is 42.9 Å². The van der Waals surface area contributed by atoms with Crippen LogP contribution in [0.4, 0.5) is 0 Å². The molecular formula is C76H134NO8+. The zero-order valence-electron chi connectivity index (χ0n) is 56.0. The minimum Gasteiger partial charge on any atom is -0.477 e. The highest BCUT2D eigenvalue weighted by Crippen LogP contribution is 2.17. The molecule has 0 heterocycles. The van der Waals surface area contributed by atoms with Crippen molar-refractivity contribution >= 4 is 17.9 Å². The Morgan fingerprint density at radius 1 is 0.365 bits per heavy atom. The smallest absolute Gasteiger partial charge is 0.361 e. The number of carbonyl (C=O) groups excluding carboxylic acids is 2. The molecule has 2 unspecified atom stereocenters. The summed E-state index contributed by atoms with van der Waals surface area (Å²) >= 11 is 0. The van der Waals surface area contributed by atoms with Gasteiger partial charge in [0.25, 0.3) is 6.29 Å². The van der Waals surface area contributed by atoms with E-state index in [1.165, 1.54) is 186 Å². The normalized spacial score (nSPS) is 13.3. The lowest BCUT2D eigenvalue weighted by atomic mass is 10.0. The van der Waals surface area contributed by atoms with Crippen LogP contribution in [0.3, 0.4) is 0 Å². The third-order valence-electron chi connectivity index (χ3n) is 15.3. The molecule has 0 amide bonds. The van der Waals surface area contributed by atoms with Crippen LogP contribution >= 0.6 is 0 Å². The van der Waals surface area contributed by atoms with Crippen molar-refractivity contribution in [2.24, 2.45) is 0 Å². The number of quaternary nitrogens is 1. The van der Waals surface area contributed by atoms with E-state index in [-0.39, 0.29) is 32.2 Å². The van der Waals surface area contributed by atoms with E-state index >= 15 is 0 Å². The molecule has 85 heavy (non-hydrogen) atoms. The quantitative estimate of drug-likeness (QED) is 0.0211. The summed E-state index contributed by atoms with van der Waals surface area (Å²) in [4.78, 5) is 37.6. The predicted octanol–water partition coefficient (Wildman–Crippen LogP) is 22.0. The summed E-state index contributed by atoms with van der Waals surface area (Å²) in [7, 11) is 5.98. The summed E-state index contributed by atoms with van der Waals surface area (Å²) in [6.45, 7) is 4.79. The minimum atomic E-state index is -1.52. The number of rotatable bonds is 65. The largest absolute Gasteiger partial charge is 0.477 e. The van der Waals surface area contributed by atoms with Gasteiger partial charge in [-0.1, -0.05) is 297 Å². The average Bonchev–Trinajstić information content (AvgIpc) is 3.49. The van der Waals surface area contributed by atoms with Crippen LogP contribution in [0.15, 0.2) is 97.2 Å². The fraction of sp³-hybridized carbons (Fsp3) is 0.750. The molecule has 9 nitrogen and oxygen atoms in total. The number of carboxylic acids is 1. The Hall–Kier alpha value is -3.79. The molecule has 0 aliphatic rings. The minimum absolute atomic E-state index is 0.183. The lowest BCUT2D eigenvalue weighted by Crippen LogP contribution is -2.40. The fourth-order valence-electron chi connectivity index (χ4n) is 9.93. The van der Waals surface area contributed by atoms with Crippen LogP contribution in [0.5, 0.6) is 0 Å².